The lowest BCUT2D eigenvalue weighted by molar-refractivity contribution is 0.230. The van der Waals surface area contributed by atoms with E-state index in [4.69, 9.17) is 4.43 Å². The van der Waals surface area contributed by atoms with Crippen molar-refractivity contribution in [2.45, 2.75) is 64.8 Å². The maximum absolute atomic E-state index is 6.31. The van der Waals surface area contributed by atoms with Crippen LogP contribution in [0.4, 0.5) is 0 Å². The van der Waals surface area contributed by atoms with Crippen LogP contribution in [-0.2, 0) is 4.43 Å². The standard InChI is InChI=1S/C14H25BrOSi/c1-7-8-9-10-13(11-12-15)16-17(5,6)14(2,3)4/h11-13H,7,10H2,1-6H3/b12-11-/t13-/m0/s1. The van der Waals surface area contributed by atoms with E-state index in [-0.39, 0.29) is 11.1 Å². The Morgan fingerprint density at radius 2 is 1.88 bits per heavy atom. The first-order valence-electron chi connectivity index (χ1n) is 6.15. The van der Waals surface area contributed by atoms with Crippen LogP contribution in [0.1, 0.15) is 40.5 Å². The van der Waals surface area contributed by atoms with Crippen LogP contribution in [0.2, 0.25) is 18.1 Å². The van der Waals surface area contributed by atoms with E-state index < -0.39 is 8.32 Å². The zero-order chi connectivity index (χ0) is 13.5. The molecule has 17 heavy (non-hydrogen) atoms. The fraction of sp³-hybridized carbons (Fsp3) is 0.714. The molecule has 0 bridgehead atoms. The summed E-state index contributed by atoms with van der Waals surface area (Å²) in [5, 5.41) is 0.240. The Morgan fingerprint density at radius 1 is 1.29 bits per heavy atom. The highest BCUT2D eigenvalue weighted by atomic mass is 79.9. The van der Waals surface area contributed by atoms with Crippen LogP contribution in [0.15, 0.2) is 11.1 Å². The van der Waals surface area contributed by atoms with E-state index in [9.17, 15) is 0 Å². The number of rotatable bonds is 4. The highest BCUT2D eigenvalue weighted by Crippen LogP contribution is 2.37. The molecule has 0 heterocycles. The van der Waals surface area contributed by atoms with Gasteiger partial charge in [-0.25, -0.2) is 0 Å². The van der Waals surface area contributed by atoms with Crippen LogP contribution in [0.25, 0.3) is 0 Å². The van der Waals surface area contributed by atoms with Crippen molar-refractivity contribution in [3.63, 3.8) is 0 Å². The van der Waals surface area contributed by atoms with Crippen LogP contribution in [-0.4, -0.2) is 14.4 Å². The first-order valence-corrected chi connectivity index (χ1v) is 9.97. The van der Waals surface area contributed by atoms with Gasteiger partial charge in [-0.2, -0.15) is 0 Å². The van der Waals surface area contributed by atoms with Crippen LogP contribution in [0.3, 0.4) is 0 Å². The molecule has 0 aliphatic carbocycles. The molecular formula is C14H25BrOSi. The first-order chi connectivity index (χ1) is 7.74. The molecule has 0 aliphatic rings. The Hall–Kier alpha value is -0.0431. The van der Waals surface area contributed by atoms with Gasteiger partial charge >= 0.3 is 0 Å². The fourth-order valence-electron chi connectivity index (χ4n) is 1.08. The molecule has 0 aromatic carbocycles. The van der Waals surface area contributed by atoms with Crippen LogP contribution in [0.5, 0.6) is 0 Å². The summed E-state index contributed by atoms with van der Waals surface area (Å²) in [6, 6.07) is 0. The van der Waals surface area contributed by atoms with Gasteiger partial charge in [0.1, 0.15) is 0 Å². The highest BCUT2D eigenvalue weighted by Gasteiger charge is 2.38. The third-order valence-corrected chi connectivity index (χ3v) is 7.95. The molecule has 0 spiro atoms. The van der Waals surface area contributed by atoms with Gasteiger partial charge in [0.2, 0.25) is 0 Å². The Balaban J connectivity index is 4.65. The van der Waals surface area contributed by atoms with Gasteiger partial charge in [0.25, 0.3) is 0 Å². The van der Waals surface area contributed by atoms with Gasteiger partial charge in [-0.1, -0.05) is 43.6 Å². The summed E-state index contributed by atoms with van der Waals surface area (Å²) in [7, 11) is -1.71. The molecule has 0 aliphatic heterocycles. The lowest BCUT2D eigenvalue weighted by Gasteiger charge is -2.38. The predicted molar refractivity (Wildman–Crippen MR) is 82.8 cm³/mol. The Labute approximate surface area is 116 Å². The highest BCUT2D eigenvalue weighted by molar-refractivity contribution is 9.11. The zero-order valence-corrected chi connectivity index (χ0v) is 14.5. The predicted octanol–water partition coefficient (Wildman–Crippen LogP) is 5.09. The van der Waals surface area contributed by atoms with E-state index in [1.54, 1.807) is 0 Å². The van der Waals surface area contributed by atoms with Gasteiger partial charge in [-0.3, -0.25) is 0 Å². The second-order valence-electron chi connectivity index (χ2n) is 5.65. The van der Waals surface area contributed by atoms with Gasteiger partial charge in [0.15, 0.2) is 8.32 Å². The van der Waals surface area contributed by atoms with Crippen LogP contribution < -0.4 is 0 Å². The molecule has 3 heteroatoms. The van der Waals surface area contributed by atoms with Gasteiger partial charge in [0.05, 0.1) is 6.10 Å². The Kier molecular flexibility index (Phi) is 7.39. The Bertz CT molecular complexity index is 304. The molecule has 0 fully saturated rings. The largest absolute Gasteiger partial charge is 0.410 e. The molecule has 0 aromatic heterocycles. The molecule has 0 radical (unpaired) electrons. The monoisotopic (exact) mass is 316 g/mol. The normalized spacial score (nSPS) is 14.5. The Morgan fingerprint density at radius 3 is 2.29 bits per heavy atom. The third kappa shape index (κ3) is 6.45. The van der Waals surface area contributed by atoms with Crippen LogP contribution >= 0.6 is 15.9 Å². The molecule has 98 valence electrons. The van der Waals surface area contributed by atoms with E-state index >= 15 is 0 Å². The van der Waals surface area contributed by atoms with E-state index in [0.717, 1.165) is 12.8 Å². The molecule has 0 amide bonds. The quantitative estimate of drug-likeness (QED) is 0.518. The summed E-state index contributed by atoms with van der Waals surface area (Å²) in [6.07, 6.45) is 3.84. The third-order valence-electron chi connectivity index (χ3n) is 3.14. The van der Waals surface area contributed by atoms with Crippen LogP contribution in [0, 0.1) is 11.8 Å². The maximum Gasteiger partial charge on any atom is 0.192 e. The summed E-state index contributed by atoms with van der Waals surface area (Å²) >= 11 is 3.32. The van der Waals surface area contributed by atoms with Gasteiger partial charge in [-0.05, 0) is 29.2 Å². The molecule has 1 nitrogen and oxygen atoms in total. The summed E-state index contributed by atoms with van der Waals surface area (Å²) < 4.78 is 6.31. The SMILES string of the molecule is CCC#CC[C@@H](/C=C\Br)O[Si](C)(C)C(C)(C)C. The molecule has 0 saturated carbocycles. The topological polar surface area (TPSA) is 9.23 Å². The van der Waals surface area contributed by atoms with E-state index in [1.807, 2.05) is 11.1 Å². The van der Waals surface area contributed by atoms with Crippen molar-refractivity contribution in [1.82, 2.24) is 0 Å². The molecule has 0 aromatic rings. The lowest BCUT2D eigenvalue weighted by Crippen LogP contribution is -2.43. The number of halogens is 1. The average Bonchev–Trinajstić information content (AvgIpc) is 2.16. The number of hydrogen-bond acceptors (Lipinski definition) is 1. The van der Waals surface area contributed by atoms with Crippen molar-refractivity contribution < 1.29 is 4.43 Å². The minimum atomic E-state index is -1.71. The second kappa shape index (κ2) is 7.40. The molecule has 0 saturated heterocycles. The maximum atomic E-state index is 6.31. The van der Waals surface area contributed by atoms with E-state index in [1.165, 1.54) is 0 Å². The first kappa shape index (κ1) is 17.0. The van der Waals surface area contributed by atoms with Crippen molar-refractivity contribution in [1.29, 1.82) is 0 Å². The van der Waals surface area contributed by atoms with Gasteiger partial charge < -0.3 is 4.43 Å². The van der Waals surface area contributed by atoms with E-state index in [0.29, 0.717) is 0 Å². The molecule has 0 rings (SSSR count). The van der Waals surface area contributed by atoms with Crippen molar-refractivity contribution in [2.24, 2.45) is 0 Å². The lowest BCUT2D eigenvalue weighted by atomic mass is 10.2. The minimum Gasteiger partial charge on any atom is -0.410 e. The van der Waals surface area contributed by atoms with Crippen molar-refractivity contribution in [3.8, 4) is 11.8 Å². The zero-order valence-electron chi connectivity index (χ0n) is 11.9. The molecule has 0 N–H and O–H groups in total. The molecule has 0 unspecified atom stereocenters. The minimum absolute atomic E-state index is 0.106. The second-order valence-corrected chi connectivity index (χ2v) is 10.9. The van der Waals surface area contributed by atoms with E-state index in [2.05, 4.69) is 68.6 Å². The summed E-state index contributed by atoms with van der Waals surface area (Å²) in [5.41, 5.74) is 0. The fourth-order valence-corrected chi connectivity index (χ4v) is 2.70. The molecular weight excluding hydrogens is 292 g/mol. The van der Waals surface area contributed by atoms with Crippen molar-refractivity contribution in [2.75, 3.05) is 0 Å². The number of hydrogen-bond donors (Lipinski definition) is 0. The average molecular weight is 317 g/mol. The van der Waals surface area contributed by atoms with Gasteiger partial charge in [0, 0.05) is 12.8 Å². The summed E-state index contributed by atoms with van der Waals surface area (Å²) in [4.78, 5) is 1.87. The molecule has 1 atom stereocenters. The summed E-state index contributed by atoms with van der Waals surface area (Å²) in [5.74, 6) is 6.27. The van der Waals surface area contributed by atoms with Gasteiger partial charge in [-0.15, -0.1) is 11.8 Å². The summed E-state index contributed by atoms with van der Waals surface area (Å²) in [6.45, 7) is 13.4. The van der Waals surface area contributed by atoms with Crippen molar-refractivity contribution in [3.05, 3.63) is 11.1 Å². The van der Waals surface area contributed by atoms with Crippen molar-refractivity contribution >= 4 is 24.2 Å². The smallest absolute Gasteiger partial charge is 0.192 e.